The fourth-order valence-corrected chi connectivity index (χ4v) is 2.19. The van der Waals surface area contributed by atoms with Crippen molar-refractivity contribution in [1.29, 1.82) is 0 Å². The molecule has 2 heterocycles. The van der Waals surface area contributed by atoms with Gasteiger partial charge in [-0.2, -0.15) is 0 Å². The van der Waals surface area contributed by atoms with E-state index in [0.717, 1.165) is 27.9 Å². The van der Waals surface area contributed by atoms with Crippen LogP contribution in [0.3, 0.4) is 0 Å². The van der Waals surface area contributed by atoms with Crippen LogP contribution in [0, 0.1) is 3.70 Å². The van der Waals surface area contributed by atoms with E-state index in [1.54, 1.807) is 11.9 Å². The minimum Gasteiger partial charge on any atom is -0.341 e. The monoisotopic (exact) mass is 317 g/mol. The zero-order valence-electron chi connectivity index (χ0n) is 8.46. The van der Waals surface area contributed by atoms with E-state index in [4.69, 9.17) is 0 Å². The summed E-state index contributed by atoms with van der Waals surface area (Å²) < 4.78 is 1.01. The van der Waals surface area contributed by atoms with Crippen molar-refractivity contribution in [2.24, 2.45) is 0 Å². The zero-order chi connectivity index (χ0) is 10.8. The van der Waals surface area contributed by atoms with Gasteiger partial charge in [0.25, 0.3) is 0 Å². The number of urea groups is 1. The van der Waals surface area contributed by atoms with E-state index in [1.165, 1.54) is 0 Å². The Morgan fingerprint density at radius 3 is 3.13 bits per heavy atom. The molecule has 0 saturated heterocycles. The molecule has 1 aromatic heterocycles. The quantitative estimate of drug-likeness (QED) is 0.580. The van der Waals surface area contributed by atoms with Gasteiger partial charge in [-0.25, -0.2) is 9.78 Å². The van der Waals surface area contributed by atoms with Gasteiger partial charge in [-0.15, -0.1) is 0 Å². The number of fused-ring (bicyclic) bond motifs is 1. The minimum absolute atomic E-state index is 0.0146. The van der Waals surface area contributed by atoms with Crippen molar-refractivity contribution in [3.8, 4) is 0 Å². The SMILES string of the molecule is CNC(=O)N1CCc2nc(I)ccc2C1. The third kappa shape index (κ3) is 2.22. The Morgan fingerprint density at radius 1 is 1.60 bits per heavy atom. The van der Waals surface area contributed by atoms with Crippen molar-refractivity contribution < 1.29 is 4.79 Å². The maximum atomic E-state index is 11.4. The van der Waals surface area contributed by atoms with Crippen LogP contribution in [-0.4, -0.2) is 29.5 Å². The van der Waals surface area contributed by atoms with Gasteiger partial charge >= 0.3 is 6.03 Å². The van der Waals surface area contributed by atoms with E-state index in [1.807, 2.05) is 6.07 Å². The topological polar surface area (TPSA) is 45.2 Å². The molecular weight excluding hydrogens is 305 g/mol. The molecule has 0 fully saturated rings. The Bertz CT molecular complexity index is 394. The molecule has 1 N–H and O–H groups in total. The van der Waals surface area contributed by atoms with Gasteiger partial charge in [0.2, 0.25) is 0 Å². The fraction of sp³-hybridized carbons (Fsp3) is 0.400. The highest BCUT2D eigenvalue weighted by atomic mass is 127. The molecular formula is C10H12IN3O. The van der Waals surface area contributed by atoms with E-state index >= 15 is 0 Å². The van der Waals surface area contributed by atoms with Crippen LogP contribution in [0.5, 0.6) is 0 Å². The van der Waals surface area contributed by atoms with Gasteiger partial charge in [-0.1, -0.05) is 6.07 Å². The smallest absolute Gasteiger partial charge is 0.317 e. The van der Waals surface area contributed by atoms with E-state index in [2.05, 4.69) is 39.0 Å². The Morgan fingerprint density at radius 2 is 2.40 bits per heavy atom. The Labute approximate surface area is 102 Å². The Balaban J connectivity index is 2.20. The van der Waals surface area contributed by atoms with E-state index < -0.39 is 0 Å². The summed E-state index contributed by atoms with van der Waals surface area (Å²) in [5, 5.41) is 2.64. The first-order valence-corrected chi connectivity index (χ1v) is 5.89. The minimum atomic E-state index is -0.0146. The number of pyridine rings is 1. The van der Waals surface area contributed by atoms with E-state index in [0.29, 0.717) is 6.54 Å². The molecule has 0 aliphatic carbocycles. The number of nitrogens with zero attached hydrogens (tertiary/aromatic N) is 2. The lowest BCUT2D eigenvalue weighted by atomic mass is 10.1. The first kappa shape index (κ1) is 10.7. The number of carbonyl (C=O) groups is 1. The summed E-state index contributed by atoms with van der Waals surface area (Å²) >= 11 is 2.21. The highest BCUT2D eigenvalue weighted by Gasteiger charge is 2.20. The molecule has 5 heteroatoms. The normalized spacial score (nSPS) is 14.7. The third-order valence-electron chi connectivity index (χ3n) is 2.52. The van der Waals surface area contributed by atoms with Crippen LogP contribution in [0.1, 0.15) is 11.3 Å². The number of hydrogen-bond acceptors (Lipinski definition) is 2. The number of halogens is 1. The van der Waals surface area contributed by atoms with Crippen LogP contribution < -0.4 is 5.32 Å². The average molecular weight is 317 g/mol. The second kappa shape index (κ2) is 4.34. The number of aromatic nitrogens is 1. The average Bonchev–Trinajstić information content (AvgIpc) is 2.27. The number of hydrogen-bond donors (Lipinski definition) is 1. The number of nitrogens with one attached hydrogen (secondary N) is 1. The molecule has 2 rings (SSSR count). The number of rotatable bonds is 0. The molecule has 0 unspecified atom stereocenters. The van der Waals surface area contributed by atoms with Gasteiger partial charge < -0.3 is 10.2 Å². The molecule has 0 aromatic carbocycles. The van der Waals surface area contributed by atoms with Crippen LogP contribution in [0.4, 0.5) is 4.79 Å². The molecule has 1 aliphatic rings. The number of amides is 2. The Kier molecular flexibility index (Phi) is 3.08. The maximum absolute atomic E-state index is 11.4. The summed E-state index contributed by atoms with van der Waals surface area (Å²) in [5.74, 6) is 0. The molecule has 0 bridgehead atoms. The van der Waals surface area contributed by atoms with Crippen molar-refractivity contribution in [3.05, 3.63) is 27.1 Å². The third-order valence-corrected chi connectivity index (χ3v) is 3.12. The van der Waals surface area contributed by atoms with E-state index in [9.17, 15) is 4.79 Å². The second-order valence-electron chi connectivity index (χ2n) is 3.47. The lowest BCUT2D eigenvalue weighted by molar-refractivity contribution is 0.194. The highest BCUT2D eigenvalue weighted by Crippen LogP contribution is 2.18. The molecule has 1 aromatic rings. The van der Waals surface area contributed by atoms with Crippen molar-refractivity contribution in [3.63, 3.8) is 0 Å². The van der Waals surface area contributed by atoms with E-state index in [-0.39, 0.29) is 6.03 Å². The first-order chi connectivity index (χ1) is 7.20. The summed E-state index contributed by atoms with van der Waals surface area (Å²) in [6.45, 7) is 1.42. The molecule has 80 valence electrons. The molecule has 0 spiro atoms. The highest BCUT2D eigenvalue weighted by molar-refractivity contribution is 14.1. The first-order valence-electron chi connectivity index (χ1n) is 4.81. The predicted octanol–water partition coefficient (Wildman–Crippen LogP) is 1.38. The van der Waals surface area contributed by atoms with Crippen LogP contribution in [0.15, 0.2) is 12.1 Å². The molecule has 0 atom stereocenters. The zero-order valence-corrected chi connectivity index (χ0v) is 10.6. The summed E-state index contributed by atoms with van der Waals surface area (Å²) in [4.78, 5) is 17.7. The summed E-state index contributed by atoms with van der Waals surface area (Å²) in [6.07, 6.45) is 0.847. The number of carbonyl (C=O) groups excluding carboxylic acids is 1. The lowest BCUT2D eigenvalue weighted by Gasteiger charge is -2.27. The van der Waals surface area contributed by atoms with Crippen LogP contribution in [0.2, 0.25) is 0 Å². The molecule has 0 radical (unpaired) electrons. The van der Waals surface area contributed by atoms with Crippen molar-refractivity contribution in [1.82, 2.24) is 15.2 Å². The van der Waals surface area contributed by atoms with Crippen LogP contribution >= 0.6 is 22.6 Å². The van der Waals surface area contributed by atoms with Gasteiger partial charge in [0.1, 0.15) is 3.70 Å². The summed E-state index contributed by atoms with van der Waals surface area (Å²) in [6, 6.07) is 4.02. The van der Waals surface area contributed by atoms with Gasteiger partial charge in [0.05, 0.1) is 0 Å². The largest absolute Gasteiger partial charge is 0.341 e. The lowest BCUT2D eigenvalue weighted by Crippen LogP contribution is -2.41. The summed E-state index contributed by atoms with van der Waals surface area (Å²) in [5.41, 5.74) is 2.28. The predicted molar refractivity (Wildman–Crippen MR) is 65.5 cm³/mol. The van der Waals surface area contributed by atoms with Crippen molar-refractivity contribution in [2.45, 2.75) is 13.0 Å². The van der Waals surface area contributed by atoms with Crippen molar-refractivity contribution in [2.75, 3.05) is 13.6 Å². The van der Waals surface area contributed by atoms with Crippen molar-refractivity contribution >= 4 is 28.6 Å². The fourth-order valence-electron chi connectivity index (χ4n) is 1.72. The molecule has 0 saturated carbocycles. The van der Waals surface area contributed by atoms with Gasteiger partial charge in [0.15, 0.2) is 0 Å². The molecule has 15 heavy (non-hydrogen) atoms. The maximum Gasteiger partial charge on any atom is 0.317 e. The standard InChI is InChI=1S/C10H12IN3O/c1-12-10(15)14-5-4-8-7(6-14)2-3-9(11)13-8/h2-3H,4-6H2,1H3,(H,12,15). The van der Waals surface area contributed by atoms with Gasteiger partial charge in [-0.05, 0) is 34.2 Å². The molecule has 2 amide bonds. The Hall–Kier alpha value is -0.850. The van der Waals surface area contributed by atoms with Crippen LogP contribution in [-0.2, 0) is 13.0 Å². The second-order valence-corrected chi connectivity index (χ2v) is 4.57. The molecule has 1 aliphatic heterocycles. The van der Waals surface area contributed by atoms with Crippen LogP contribution in [0.25, 0.3) is 0 Å². The van der Waals surface area contributed by atoms with Gasteiger partial charge in [-0.3, -0.25) is 0 Å². The summed E-state index contributed by atoms with van der Waals surface area (Å²) in [7, 11) is 1.66. The van der Waals surface area contributed by atoms with Gasteiger partial charge in [0, 0.05) is 32.3 Å². The molecule has 4 nitrogen and oxygen atoms in total.